The Morgan fingerprint density at radius 1 is 1.07 bits per heavy atom. The fraction of sp³-hybridized carbons (Fsp3) is 0.273. The van der Waals surface area contributed by atoms with Crippen molar-refractivity contribution in [3.63, 3.8) is 0 Å². The lowest BCUT2D eigenvalue weighted by molar-refractivity contribution is -0.132. The predicted octanol–water partition coefficient (Wildman–Crippen LogP) is 4.84. The summed E-state index contributed by atoms with van der Waals surface area (Å²) in [5.41, 5.74) is 2.84. The molecule has 0 saturated carbocycles. The van der Waals surface area contributed by atoms with Gasteiger partial charge in [-0.15, -0.1) is 0 Å². The summed E-state index contributed by atoms with van der Waals surface area (Å²) in [5.74, 6) is 0.472. The number of carbonyl (C=O) groups is 1. The molecular weight excluding hydrogens is 374 g/mol. The molecule has 2 aromatic heterocycles. The zero-order valence-corrected chi connectivity index (χ0v) is 16.1. The van der Waals surface area contributed by atoms with Gasteiger partial charge in [-0.2, -0.15) is 0 Å². The molecule has 0 spiro atoms. The van der Waals surface area contributed by atoms with Gasteiger partial charge in [-0.1, -0.05) is 35.0 Å². The van der Waals surface area contributed by atoms with Crippen LogP contribution >= 0.6 is 11.6 Å². The monoisotopic (exact) mass is 393 g/mol. The number of piperidine rings is 1. The fourth-order valence-electron chi connectivity index (χ4n) is 4.17. The van der Waals surface area contributed by atoms with Crippen LogP contribution < -0.4 is 0 Å². The Bertz CT molecular complexity index is 1150. The molecule has 3 heterocycles. The number of aromatic nitrogens is 2. The fourth-order valence-corrected chi connectivity index (χ4v) is 4.40. The first-order valence-corrected chi connectivity index (χ1v) is 9.94. The molecule has 0 atom stereocenters. The number of hydrogen-bond donors (Lipinski definition) is 0. The number of hydrogen-bond acceptors (Lipinski definition) is 3. The molecule has 28 heavy (non-hydrogen) atoms. The smallest absolute Gasteiger partial charge is 0.242 e. The van der Waals surface area contributed by atoms with Crippen LogP contribution in [0.15, 0.2) is 59.3 Å². The number of carbonyl (C=O) groups excluding carboxylic acids is 1. The SMILES string of the molecule is O=C(Cn1ccc2c(Cl)cccc21)N1CCC(c2noc3ccccc23)CC1. The highest BCUT2D eigenvalue weighted by atomic mass is 35.5. The molecule has 0 N–H and O–H groups in total. The van der Waals surface area contributed by atoms with Crippen LogP contribution in [-0.2, 0) is 11.3 Å². The molecule has 5 nitrogen and oxygen atoms in total. The quantitative estimate of drug-likeness (QED) is 0.500. The zero-order chi connectivity index (χ0) is 19.1. The van der Waals surface area contributed by atoms with E-state index in [1.807, 2.05) is 58.1 Å². The van der Waals surface area contributed by atoms with Gasteiger partial charge in [0.1, 0.15) is 6.54 Å². The minimum absolute atomic E-state index is 0.140. The van der Waals surface area contributed by atoms with E-state index in [1.54, 1.807) is 0 Å². The molecule has 5 rings (SSSR count). The molecule has 1 fully saturated rings. The van der Waals surface area contributed by atoms with Crippen LogP contribution in [0, 0.1) is 0 Å². The van der Waals surface area contributed by atoms with Gasteiger partial charge in [0.05, 0.1) is 5.69 Å². The van der Waals surface area contributed by atoms with Crippen LogP contribution in [-0.4, -0.2) is 33.6 Å². The molecule has 0 unspecified atom stereocenters. The minimum Gasteiger partial charge on any atom is -0.356 e. The summed E-state index contributed by atoms with van der Waals surface area (Å²) in [4.78, 5) is 14.8. The second-order valence-electron chi connectivity index (χ2n) is 7.34. The number of likely N-dealkylation sites (tertiary alicyclic amines) is 1. The van der Waals surface area contributed by atoms with E-state index >= 15 is 0 Å². The molecule has 1 aliphatic rings. The Morgan fingerprint density at radius 3 is 2.75 bits per heavy atom. The highest BCUT2D eigenvalue weighted by molar-refractivity contribution is 6.35. The Hall–Kier alpha value is -2.79. The van der Waals surface area contributed by atoms with Crippen LogP contribution in [0.3, 0.4) is 0 Å². The molecule has 1 saturated heterocycles. The van der Waals surface area contributed by atoms with Gasteiger partial charge in [-0.05, 0) is 43.2 Å². The van der Waals surface area contributed by atoms with Gasteiger partial charge in [0.25, 0.3) is 0 Å². The summed E-state index contributed by atoms with van der Waals surface area (Å²) in [6, 6.07) is 15.7. The number of nitrogens with zero attached hydrogens (tertiary/aromatic N) is 3. The zero-order valence-electron chi connectivity index (χ0n) is 15.3. The van der Waals surface area contributed by atoms with Crippen LogP contribution in [0.5, 0.6) is 0 Å². The first-order valence-electron chi connectivity index (χ1n) is 9.56. The highest BCUT2D eigenvalue weighted by Crippen LogP contribution is 2.32. The Morgan fingerprint density at radius 2 is 1.89 bits per heavy atom. The van der Waals surface area contributed by atoms with Gasteiger partial charge in [0.2, 0.25) is 5.91 Å². The van der Waals surface area contributed by atoms with Crippen LogP contribution in [0.25, 0.3) is 21.9 Å². The van der Waals surface area contributed by atoms with Crippen molar-refractivity contribution in [2.24, 2.45) is 0 Å². The standard InChI is InChI=1S/C22H20ClN3O2/c23-18-5-3-6-19-16(18)10-13-26(19)14-21(27)25-11-8-15(9-12-25)22-17-4-1-2-7-20(17)28-24-22/h1-7,10,13,15H,8-9,11-12,14H2. The first-order chi connectivity index (χ1) is 13.7. The van der Waals surface area contributed by atoms with E-state index in [0.29, 0.717) is 17.5 Å². The van der Waals surface area contributed by atoms with Gasteiger partial charge in [0, 0.05) is 46.5 Å². The lowest BCUT2D eigenvalue weighted by atomic mass is 9.91. The number of halogens is 1. The maximum Gasteiger partial charge on any atom is 0.242 e. The highest BCUT2D eigenvalue weighted by Gasteiger charge is 2.27. The number of fused-ring (bicyclic) bond motifs is 2. The van der Waals surface area contributed by atoms with Gasteiger partial charge >= 0.3 is 0 Å². The minimum atomic E-state index is 0.140. The lowest BCUT2D eigenvalue weighted by Gasteiger charge is -2.31. The van der Waals surface area contributed by atoms with Gasteiger partial charge in [0.15, 0.2) is 5.58 Å². The van der Waals surface area contributed by atoms with E-state index < -0.39 is 0 Å². The molecule has 0 radical (unpaired) electrons. The Kier molecular flexibility index (Phi) is 4.32. The normalized spacial score (nSPS) is 15.5. The average molecular weight is 394 g/mol. The van der Waals surface area contributed by atoms with Crippen molar-refractivity contribution >= 4 is 39.4 Å². The molecule has 1 amide bonds. The maximum absolute atomic E-state index is 12.8. The molecule has 1 aliphatic heterocycles. The topological polar surface area (TPSA) is 51.3 Å². The number of para-hydroxylation sites is 1. The van der Waals surface area contributed by atoms with Crippen molar-refractivity contribution in [3.05, 3.63) is 65.4 Å². The van der Waals surface area contributed by atoms with Crippen LogP contribution in [0.4, 0.5) is 0 Å². The van der Waals surface area contributed by atoms with Crippen molar-refractivity contribution in [2.45, 2.75) is 25.3 Å². The lowest BCUT2D eigenvalue weighted by Crippen LogP contribution is -2.39. The van der Waals surface area contributed by atoms with Gasteiger partial charge < -0.3 is 14.0 Å². The van der Waals surface area contributed by atoms with Crippen LogP contribution in [0.1, 0.15) is 24.5 Å². The van der Waals surface area contributed by atoms with E-state index in [2.05, 4.69) is 11.2 Å². The van der Waals surface area contributed by atoms with Gasteiger partial charge in [-0.3, -0.25) is 4.79 Å². The summed E-state index contributed by atoms with van der Waals surface area (Å²) in [7, 11) is 0. The molecule has 142 valence electrons. The largest absolute Gasteiger partial charge is 0.356 e. The molecule has 0 aliphatic carbocycles. The van der Waals surface area contributed by atoms with E-state index in [-0.39, 0.29) is 5.91 Å². The predicted molar refractivity (Wildman–Crippen MR) is 110 cm³/mol. The van der Waals surface area contributed by atoms with Crippen molar-refractivity contribution in [1.29, 1.82) is 0 Å². The number of benzene rings is 2. The number of amides is 1. The van der Waals surface area contributed by atoms with Gasteiger partial charge in [-0.25, -0.2) is 0 Å². The van der Waals surface area contributed by atoms with Crippen molar-refractivity contribution < 1.29 is 9.32 Å². The molecule has 6 heteroatoms. The van der Waals surface area contributed by atoms with E-state index in [9.17, 15) is 4.79 Å². The van der Waals surface area contributed by atoms with Crippen molar-refractivity contribution in [1.82, 2.24) is 14.6 Å². The number of rotatable bonds is 3. The third kappa shape index (κ3) is 2.96. The second kappa shape index (κ2) is 6.99. The van der Waals surface area contributed by atoms with Crippen molar-refractivity contribution in [2.75, 3.05) is 13.1 Å². The molecular formula is C22H20ClN3O2. The molecule has 4 aromatic rings. The summed E-state index contributed by atoms with van der Waals surface area (Å²) in [6.45, 7) is 1.82. The Labute approximate surface area is 167 Å². The third-order valence-electron chi connectivity index (χ3n) is 5.71. The summed E-state index contributed by atoms with van der Waals surface area (Å²) in [6.07, 6.45) is 3.74. The molecule has 2 aromatic carbocycles. The average Bonchev–Trinajstić information content (AvgIpc) is 3.33. The second-order valence-corrected chi connectivity index (χ2v) is 7.74. The van der Waals surface area contributed by atoms with E-state index in [0.717, 1.165) is 53.5 Å². The van der Waals surface area contributed by atoms with E-state index in [1.165, 1.54) is 0 Å². The third-order valence-corrected chi connectivity index (χ3v) is 6.04. The summed E-state index contributed by atoms with van der Waals surface area (Å²) < 4.78 is 7.43. The van der Waals surface area contributed by atoms with Crippen LogP contribution in [0.2, 0.25) is 5.02 Å². The first kappa shape index (κ1) is 17.3. The summed E-state index contributed by atoms with van der Waals surface area (Å²) in [5, 5.41) is 7.08. The van der Waals surface area contributed by atoms with E-state index in [4.69, 9.17) is 16.1 Å². The maximum atomic E-state index is 12.8. The molecule has 0 bridgehead atoms. The van der Waals surface area contributed by atoms with Crippen molar-refractivity contribution in [3.8, 4) is 0 Å². The summed E-state index contributed by atoms with van der Waals surface area (Å²) >= 11 is 6.24. The Balaban J connectivity index is 1.27.